The molecule has 0 bridgehead atoms. The van der Waals surface area contributed by atoms with Crippen LogP contribution in [-0.2, 0) is 0 Å². The van der Waals surface area contributed by atoms with Gasteiger partial charge in [-0.25, -0.2) is 4.98 Å². The summed E-state index contributed by atoms with van der Waals surface area (Å²) in [4.78, 5) is 20.3. The van der Waals surface area contributed by atoms with E-state index in [0.29, 0.717) is 0 Å². The van der Waals surface area contributed by atoms with E-state index in [4.69, 9.17) is 4.98 Å². The van der Waals surface area contributed by atoms with Gasteiger partial charge >= 0.3 is 0 Å². The molecule has 0 amide bonds. The van der Waals surface area contributed by atoms with Crippen LogP contribution in [0, 0.1) is 0 Å². The maximum absolute atomic E-state index is 12.0. The van der Waals surface area contributed by atoms with Crippen LogP contribution in [0.3, 0.4) is 0 Å². The molecule has 4 aromatic carbocycles. The van der Waals surface area contributed by atoms with E-state index in [2.05, 4.69) is 11.1 Å². The molecule has 0 unspecified atom stereocenters. The zero-order valence-corrected chi connectivity index (χ0v) is 12.2. The Balaban J connectivity index is 2.03. The first-order chi connectivity index (χ1) is 11.3. The standard InChI is InChI=1S/C20H12N2O/c23-19-7-3-4-12-13-10-11-18-20(15(13)9-8-14(12)19)22-17-6-2-1-5-16(17)21-18/h1-11,21H. The number of H-pyrrole nitrogens is 1. The molecular formula is C20H12N2O. The maximum atomic E-state index is 12.0. The highest BCUT2D eigenvalue weighted by atomic mass is 16.1. The highest BCUT2D eigenvalue weighted by Gasteiger charge is 2.08. The van der Waals surface area contributed by atoms with Crippen molar-refractivity contribution in [2.45, 2.75) is 0 Å². The van der Waals surface area contributed by atoms with Gasteiger partial charge in [-0.05, 0) is 41.1 Å². The van der Waals surface area contributed by atoms with Crippen molar-refractivity contribution in [3.63, 3.8) is 0 Å². The lowest BCUT2D eigenvalue weighted by Crippen LogP contribution is -1.98. The largest absolute Gasteiger partial charge is 0.352 e. The zero-order chi connectivity index (χ0) is 15.4. The second-order valence-corrected chi connectivity index (χ2v) is 5.73. The molecular weight excluding hydrogens is 284 g/mol. The second kappa shape index (κ2) is 4.40. The number of aromatic amines is 1. The summed E-state index contributed by atoms with van der Waals surface area (Å²) in [5.41, 5.74) is 3.93. The summed E-state index contributed by atoms with van der Waals surface area (Å²) in [5, 5.41) is 3.85. The third-order valence-corrected chi connectivity index (χ3v) is 4.40. The van der Waals surface area contributed by atoms with Crippen LogP contribution < -0.4 is 5.43 Å². The molecule has 0 spiro atoms. The normalized spacial score (nSPS) is 11.7. The molecule has 0 fully saturated rings. The number of nitrogens with zero attached hydrogens (tertiary/aromatic N) is 1. The molecule has 1 heterocycles. The van der Waals surface area contributed by atoms with Gasteiger partial charge in [0, 0.05) is 10.8 Å². The molecule has 0 radical (unpaired) electrons. The number of hydrogen-bond donors (Lipinski definition) is 1. The maximum Gasteiger partial charge on any atom is 0.186 e. The number of rotatable bonds is 0. The summed E-state index contributed by atoms with van der Waals surface area (Å²) >= 11 is 0. The van der Waals surface area contributed by atoms with Crippen LogP contribution in [0.2, 0.25) is 0 Å². The molecule has 1 aromatic heterocycles. The van der Waals surface area contributed by atoms with E-state index in [0.717, 1.165) is 43.6 Å². The topological polar surface area (TPSA) is 45.8 Å². The van der Waals surface area contributed by atoms with Gasteiger partial charge in [0.25, 0.3) is 0 Å². The lowest BCUT2D eigenvalue weighted by atomic mass is 10.0. The number of para-hydroxylation sites is 2. The van der Waals surface area contributed by atoms with Gasteiger partial charge < -0.3 is 4.98 Å². The molecule has 108 valence electrons. The average molecular weight is 296 g/mol. The van der Waals surface area contributed by atoms with E-state index in [1.807, 2.05) is 54.6 Å². The summed E-state index contributed by atoms with van der Waals surface area (Å²) in [5.74, 6) is 0. The lowest BCUT2D eigenvalue weighted by molar-refractivity contribution is 1.41. The van der Waals surface area contributed by atoms with Crippen molar-refractivity contribution in [3.8, 4) is 0 Å². The minimum Gasteiger partial charge on any atom is -0.352 e. The van der Waals surface area contributed by atoms with Gasteiger partial charge in [-0.3, -0.25) is 4.79 Å². The number of nitrogens with one attached hydrogen (secondary N) is 1. The van der Waals surface area contributed by atoms with Crippen LogP contribution in [0.5, 0.6) is 0 Å². The Hall–Kier alpha value is -3.20. The van der Waals surface area contributed by atoms with Gasteiger partial charge in [0.1, 0.15) is 0 Å². The van der Waals surface area contributed by atoms with Crippen molar-refractivity contribution in [1.82, 2.24) is 9.97 Å². The van der Waals surface area contributed by atoms with E-state index >= 15 is 0 Å². The minimum absolute atomic E-state index is 0.0579. The molecule has 3 heteroatoms. The molecule has 0 aliphatic rings. The van der Waals surface area contributed by atoms with Crippen LogP contribution in [0.1, 0.15) is 0 Å². The smallest absolute Gasteiger partial charge is 0.186 e. The predicted octanol–water partition coefficient (Wildman–Crippen LogP) is 4.38. The molecule has 0 aliphatic heterocycles. The van der Waals surface area contributed by atoms with Crippen LogP contribution in [0.4, 0.5) is 0 Å². The minimum atomic E-state index is 0.0579. The Kier molecular flexibility index (Phi) is 2.36. The Labute approximate surface area is 131 Å². The SMILES string of the molecule is O=c1cccc2c1ccc1c2ccc2[nH]c3ccccc3nc21. The molecule has 5 aromatic rings. The fraction of sp³-hybridized carbons (Fsp3) is 0. The van der Waals surface area contributed by atoms with Gasteiger partial charge in [0.2, 0.25) is 0 Å². The Bertz CT molecular complexity index is 1290. The van der Waals surface area contributed by atoms with Crippen molar-refractivity contribution < 1.29 is 0 Å². The highest BCUT2D eigenvalue weighted by molar-refractivity contribution is 6.16. The summed E-state index contributed by atoms with van der Waals surface area (Å²) in [7, 11) is 0. The lowest BCUT2D eigenvalue weighted by Gasteiger charge is -2.08. The summed E-state index contributed by atoms with van der Waals surface area (Å²) in [6.45, 7) is 0. The van der Waals surface area contributed by atoms with E-state index in [-0.39, 0.29) is 5.43 Å². The van der Waals surface area contributed by atoms with E-state index in [1.165, 1.54) is 0 Å². The molecule has 3 nitrogen and oxygen atoms in total. The zero-order valence-electron chi connectivity index (χ0n) is 12.2. The third-order valence-electron chi connectivity index (χ3n) is 4.40. The number of benzene rings is 4. The van der Waals surface area contributed by atoms with Gasteiger partial charge in [0.15, 0.2) is 5.43 Å². The fourth-order valence-corrected chi connectivity index (χ4v) is 3.29. The first kappa shape index (κ1) is 12.4. The molecule has 0 saturated heterocycles. The molecule has 0 saturated carbocycles. The fourth-order valence-electron chi connectivity index (χ4n) is 3.29. The van der Waals surface area contributed by atoms with Gasteiger partial charge in [-0.2, -0.15) is 0 Å². The van der Waals surface area contributed by atoms with E-state index in [9.17, 15) is 4.79 Å². The molecule has 23 heavy (non-hydrogen) atoms. The van der Waals surface area contributed by atoms with Crippen LogP contribution in [0.15, 0.2) is 71.5 Å². The molecule has 0 aliphatic carbocycles. The number of hydrogen-bond acceptors (Lipinski definition) is 2. The Morgan fingerprint density at radius 3 is 2.39 bits per heavy atom. The first-order valence-corrected chi connectivity index (χ1v) is 7.54. The molecule has 5 rings (SSSR count). The number of fused-ring (bicyclic) bond motifs is 6. The monoisotopic (exact) mass is 296 g/mol. The highest BCUT2D eigenvalue weighted by Crippen LogP contribution is 2.29. The van der Waals surface area contributed by atoms with E-state index in [1.54, 1.807) is 6.07 Å². The van der Waals surface area contributed by atoms with Gasteiger partial charge in [-0.1, -0.05) is 36.4 Å². The predicted molar refractivity (Wildman–Crippen MR) is 94.9 cm³/mol. The van der Waals surface area contributed by atoms with Crippen molar-refractivity contribution in [1.29, 1.82) is 0 Å². The molecule has 0 atom stereocenters. The van der Waals surface area contributed by atoms with Gasteiger partial charge in [-0.15, -0.1) is 0 Å². The third kappa shape index (κ3) is 1.70. The van der Waals surface area contributed by atoms with Crippen molar-refractivity contribution in [2.75, 3.05) is 0 Å². The first-order valence-electron chi connectivity index (χ1n) is 7.54. The van der Waals surface area contributed by atoms with Crippen molar-refractivity contribution >= 4 is 43.6 Å². The van der Waals surface area contributed by atoms with Crippen molar-refractivity contribution in [3.05, 3.63) is 77.0 Å². The van der Waals surface area contributed by atoms with Crippen LogP contribution >= 0.6 is 0 Å². The average Bonchev–Trinajstić information content (AvgIpc) is 2.60. The van der Waals surface area contributed by atoms with Gasteiger partial charge in [0.05, 0.1) is 22.1 Å². The summed E-state index contributed by atoms with van der Waals surface area (Å²) in [6, 6.07) is 21.4. The number of aromatic nitrogens is 2. The van der Waals surface area contributed by atoms with Crippen LogP contribution in [0.25, 0.3) is 43.6 Å². The summed E-state index contributed by atoms with van der Waals surface area (Å²) < 4.78 is 0. The second-order valence-electron chi connectivity index (χ2n) is 5.73. The Morgan fingerprint density at radius 2 is 1.43 bits per heavy atom. The Morgan fingerprint density at radius 1 is 0.652 bits per heavy atom. The van der Waals surface area contributed by atoms with Crippen molar-refractivity contribution in [2.24, 2.45) is 0 Å². The van der Waals surface area contributed by atoms with Crippen LogP contribution in [-0.4, -0.2) is 9.97 Å². The van der Waals surface area contributed by atoms with E-state index < -0.39 is 0 Å². The summed E-state index contributed by atoms with van der Waals surface area (Å²) in [6.07, 6.45) is 0. The molecule has 1 N–H and O–H groups in total. The quantitative estimate of drug-likeness (QED) is 0.340.